The van der Waals surface area contributed by atoms with Crippen molar-refractivity contribution in [2.75, 3.05) is 6.54 Å². The second-order valence-electron chi connectivity index (χ2n) is 11.4. The van der Waals surface area contributed by atoms with Crippen LogP contribution in [0, 0.1) is 12.8 Å². The predicted molar refractivity (Wildman–Crippen MR) is 147 cm³/mol. The Morgan fingerprint density at radius 3 is 2.16 bits per heavy atom. The van der Waals surface area contributed by atoms with E-state index in [0.717, 1.165) is 25.7 Å². The zero-order valence-corrected chi connectivity index (χ0v) is 24.3. The zero-order chi connectivity index (χ0) is 28.3. The van der Waals surface area contributed by atoms with Crippen molar-refractivity contribution < 1.29 is 24.2 Å². The molecule has 3 amide bonds. The maximum absolute atomic E-state index is 14.1. The molecule has 0 fully saturated rings. The lowest BCUT2D eigenvalue weighted by atomic mass is 9.96. The number of nitrogens with one attached hydrogen (secondary N) is 2. The van der Waals surface area contributed by atoms with E-state index >= 15 is 0 Å². The number of aryl methyl sites for hydroxylation is 1. The summed E-state index contributed by atoms with van der Waals surface area (Å²) < 4.78 is 5.41. The fraction of sp³-hybridized carbons (Fsp3) is 0.690. The van der Waals surface area contributed by atoms with Gasteiger partial charge in [0.25, 0.3) is 0 Å². The van der Waals surface area contributed by atoms with Gasteiger partial charge in [0.05, 0.1) is 0 Å². The van der Waals surface area contributed by atoms with Gasteiger partial charge in [0, 0.05) is 18.2 Å². The summed E-state index contributed by atoms with van der Waals surface area (Å²) in [4.78, 5) is 41.8. The van der Waals surface area contributed by atoms with Gasteiger partial charge in [-0.1, -0.05) is 64.7 Å². The molecule has 2 unspecified atom stereocenters. The smallest absolute Gasteiger partial charge is 0.408 e. The standard InChI is InChI=1S/C29H49N3O5/c1-10-11-12-13-14-18-32(27(35)23(19(2)3)31-28(36)37-29(7,8)9)24(26(34)30-20(4)5)22-17-15-16-21(6)25(22)33/h15-17,19-20,23-24,33H,10-14,18H2,1-9H3,(H,30,34)(H,31,36). The van der Waals surface area contributed by atoms with Gasteiger partial charge in [-0.05, 0) is 59.4 Å². The van der Waals surface area contributed by atoms with E-state index in [-0.39, 0.29) is 29.5 Å². The highest BCUT2D eigenvalue weighted by molar-refractivity contribution is 5.92. The number of hydrogen-bond donors (Lipinski definition) is 3. The second-order valence-corrected chi connectivity index (χ2v) is 11.4. The summed E-state index contributed by atoms with van der Waals surface area (Å²) in [6, 6.07) is 3.08. The number of para-hydroxylation sites is 1. The Morgan fingerprint density at radius 1 is 1.00 bits per heavy atom. The van der Waals surface area contributed by atoms with Crippen molar-refractivity contribution in [3.63, 3.8) is 0 Å². The van der Waals surface area contributed by atoms with Gasteiger partial charge in [-0.25, -0.2) is 4.79 Å². The van der Waals surface area contributed by atoms with Crippen LogP contribution in [0.4, 0.5) is 4.79 Å². The van der Waals surface area contributed by atoms with E-state index in [0.29, 0.717) is 24.1 Å². The average Bonchev–Trinajstić information content (AvgIpc) is 2.76. The molecule has 1 aromatic rings. The number of benzene rings is 1. The van der Waals surface area contributed by atoms with Crippen LogP contribution in [0.25, 0.3) is 0 Å². The number of amides is 3. The molecule has 1 rings (SSSR count). The lowest BCUT2D eigenvalue weighted by Crippen LogP contribution is -2.55. The van der Waals surface area contributed by atoms with Crippen molar-refractivity contribution in [3.05, 3.63) is 29.3 Å². The quantitative estimate of drug-likeness (QED) is 0.293. The molecule has 0 saturated carbocycles. The first kappa shape index (κ1) is 32.3. The number of phenols is 1. The van der Waals surface area contributed by atoms with Crippen molar-refractivity contribution in [2.24, 2.45) is 5.92 Å². The van der Waals surface area contributed by atoms with Gasteiger partial charge in [0.15, 0.2) is 0 Å². The number of alkyl carbamates (subject to hydrolysis) is 1. The summed E-state index contributed by atoms with van der Waals surface area (Å²) in [5.74, 6) is -1.04. The summed E-state index contributed by atoms with van der Waals surface area (Å²) in [5.41, 5.74) is 0.253. The Kier molecular flexibility index (Phi) is 12.9. The number of nitrogens with zero attached hydrogens (tertiary/aromatic N) is 1. The molecular formula is C29H49N3O5. The highest BCUT2D eigenvalue weighted by atomic mass is 16.6. The molecule has 2 atom stereocenters. The van der Waals surface area contributed by atoms with E-state index < -0.39 is 23.8 Å². The van der Waals surface area contributed by atoms with Gasteiger partial charge >= 0.3 is 6.09 Å². The number of hydrogen-bond acceptors (Lipinski definition) is 5. The minimum Gasteiger partial charge on any atom is -0.507 e. The molecule has 0 saturated heterocycles. The Morgan fingerprint density at radius 2 is 1.62 bits per heavy atom. The van der Waals surface area contributed by atoms with Crippen LogP contribution in [0.3, 0.4) is 0 Å². The normalized spacial score (nSPS) is 13.3. The van der Waals surface area contributed by atoms with E-state index in [1.165, 1.54) is 4.90 Å². The van der Waals surface area contributed by atoms with E-state index in [4.69, 9.17) is 4.74 Å². The van der Waals surface area contributed by atoms with Crippen molar-refractivity contribution in [3.8, 4) is 5.75 Å². The maximum Gasteiger partial charge on any atom is 0.408 e. The Balaban J connectivity index is 3.51. The van der Waals surface area contributed by atoms with Gasteiger partial charge in [-0.3, -0.25) is 9.59 Å². The molecular weight excluding hydrogens is 470 g/mol. The molecule has 0 spiro atoms. The number of carbonyl (C=O) groups is 3. The number of ether oxygens (including phenoxy) is 1. The third-order valence-electron chi connectivity index (χ3n) is 5.95. The first-order valence-corrected chi connectivity index (χ1v) is 13.6. The summed E-state index contributed by atoms with van der Waals surface area (Å²) in [6.07, 6.45) is 4.13. The first-order valence-electron chi connectivity index (χ1n) is 13.6. The predicted octanol–water partition coefficient (Wildman–Crippen LogP) is 5.61. The summed E-state index contributed by atoms with van der Waals surface area (Å²) >= 11 is 0. The van der Waals surface area contributed by atoms with Crippen LogP contribution in [0.2, 0.25) is 0 Å². The van der Waals surface area contributed by atoms with E-state index in [9.17, 15) is 19.5 Å². The van der Waals surface area contributed by atoms with Crippen molar-refractivity contribution in [1.82, 2.24) is 15.5 Å². The molecule has 0 aromatic heterocycles. The van der Waals surface area contributed by atoms with Gasteiger partial charge in [0.1, 0.15) is 23.4 Å². The van der Waals surface area contributed by atoms with Crippen LogP contribution in [-0.2, 0) is 14.3 Å². The van der Waals surface area contributed by atoms with Crippen LogP contribution >= 0.6 is 0 Å². The third-order valence-corrected chi connectivity index (χ3v) is 5.95. The number of unbranched alkanes of at least 4 members (excludes halogenated alkanes) is 4. The van der Waals surface area contributed by atoms with Crippen LogP contribution in [0.5, 0.6) is 5.75 Å². The molecule has 0 aliphatic heterocycles. The van der Waals surface area contributed by atoms with Gasteiger partial charge in [-0.15, -0.1) is 0 Å². The summed E-state index contributed by atoms with van der Waals surface area (Å²) in [7, 11) is 0. The molecule has 0 aliphatic rings. The minimum atomic E-state index is -1.05. The highest BCUT2D eigenvalue weighted by Crippen LogP contribution is 2.33. The van der Waals surface area contributed by atoms with Gasteiger partial charge in [0.2, 0.25) is 11.8 Å². The monoisotopic (exact) mass is 519 g/mol. The lowest BCUT2D eigenvalue weighted by molar-refractivity contribution is -0.143. The van der Waals surface area contributed by atoms with Crippen LogP contribution in [0.15, 0.2) is 18.2 Å². The first-order chi connectivity index (χ1) is 17.2. The van der Waals surface area contributed by atoms with Crippen molar-refractivity contribution in [1.29, 1.82) is 0 Å². The van der Waals surface area contributed by atoms with E-state index in [1.54, 1.807) is 45.9 Å². The fourth-order valence-corrected chi connectivity index (χ4v) is 4.10. The fourth-order valence-electron chi connectivity index (χ4n) is 4.10. The largest absolute Gasteiger partial charge is 0.507 e. The maximum atomic E-state index is 14.1. The Labute approximate surface area is 223 Å². The molecule has 0 radical (unpaired) electrons. The molecule has 8 heteroatoms. The Hall–Kier alpha value is -2.77. The third kappa shape index (κ3) is 10.6. The SMILES string of the molecule is CCCCCCCN(C(=O)C(NC(=O)OC(C)(C)C)C(C)C)C(C(=O)NC(C)C)c1cccc(C)c1O. The van der Waals surface area contributed by atoms with Crippen LogP contribution < -0.4 is 10.6 Å². The van der Waals surface area contributed by atoms with Gasteiger partial charge < -0.3 is 25.4 Å². The number of aromatic hydroxyl groups is 1. The molecule has 37 heavy (non-hydrogen) atoms. The molecule has 0 aliphatic carbocycles. The molecule has 0 bridgehead atoms. The summed E-state index contributed by atoms with van der Waals surface area (Å²) in [5, 5.41) is 16.6. The second kappa shape index (κ2) is 14.8. The van der Waals surface area contributed by atoms with E-state index in [2.05, 4.69) is 17.6 Å². The van der Waals surface area contributed by atoms with Crippen molar-refractivity contribution >= 4 is 17.9 Å². The lowest BCUT2D eigenvalue weighted by Gasteiger charge is -2.36. The molecule has 1 aromatic carbocycles. The van der Waals surface area contributed by atoms with Crippen LogP contribution in [0.1, 0.15) is 105 Å². The van der Waals surface area contributed by atoms with Gasteiger partial charge in [-0.2, -0.15) is 0 Å². The van der Waals surface area contributed by atoms with E-state index in [1.807, 2.05) is 27.7 Å². The average molecular weight is 520 g/mol. The molecule has 3 N–H and O–H groups in total. The zero-order valence-electron chi connectivity index (χ0n) is 24.3. The van der Waals surface area contributed by atoms with Crippen LogP contribution in [-0.4, -0.2) is 52.1 Å². The molecule has 210 valence electrons. The number of rotatable bonds is 13. The number of phenolic OH excluding ortho intramolecular Hbond substituents is 1. The molecule has 8 nitrogen and oxygen atoms in total. The molecule has 0 heterocycles. The number of carbonyl (C=O) groups excluding carboxylic acids is 3. The highest BCUT2D eigenvalue weighted by Gasteiger charge is 2.38. The van der Waals surface area contributed by atoms with Crippen molar-refractivity contribution in [2.45, 2.75) is 118 Å². The minimum absolute atomic E-state index is 0.0172. The Bertz CT molecular complexity index is 892. The summed E-state index contributed by atoms with van der Waals surface area (Å²) in [6.45, 7) is 16.9. The topological polar surface area (TPSA) is 108 Å².